The van der Waals surface area contributed by atoms with Crippen LogP contribution >= 0.6 is 11.6 Å². The van der Waals surface area contributed by atoms with E-state index in [1.165, 1.54) is 43.3 Å². The molecule has 3 rings (SSSR count). The van der Waals surface area contributed by atoms with Gasteiger partial charge in [-0.3, -0.25) is 14.5 Å². The summed E-state index contributed by atoms with van der Waals surface area (Å²) in [5, 5.41) is 3.05. The molecule has 1 aliphatic heterocycles. The highest BCUT2D eigenvalue weighted by Crippen LogP contribution is 2.29. The standard InChI is InChI=1S/C19H17ClN2O5S/c1-19(13-5-9-15(10-6-13)28(2,26)27)17(24)22(18(25)21-19)11-16(23)12-3-7-14(20)8-4-12/h3-10H,11H2,1-2H3,(H,21,25). The maximum absolute atomic E-state index is 12.9. The van der Waals surface area contributed by atoms with Crippen molar-refractivity contribution in [2.24, 2.45) is 0 Å². The molecule has 1 atom stereocenters. The van der Waals surface area contributed by atoms with E-state index in [4.69, 9.17) is 11.6 Å². The molecule has 1 unspecified atom stereocenters. The third kappa shape index (κ3) is 3.65. The van der Waals surface area contributed by atoms with Crippen LogP contribution in [0.3, 0.4) is 0 Å². The number of hydrogen-bond acceptors (Lipinski definition) is 5. The van der Waals surface area contributed by atoms with Gasteiger partial charge in [0, 0.05) is 16.8 Å². The highest BCUT2D eigenvalue weighted by atomic mass is 35.5. The van der Waals surface area contributed by atoms with Gasteiger partial charge in [0.15, 0.2) is 15.6 Å². The second-order valence-corrected chi connectivity index (χ2v) is 9.13. The molecule has 1 saturated heterocycles. The molecule has 9 heteroatoms. The van der Waals surface area contributed by atoms with Gasteiger partial charge in [-0.1, -0.05) is 23.7 Å². The van der Waals surface area contributed by atoms with E-state index in [0.717, 1.165) is 11.2 Å². The monoisotopic (exact) mass is 420 g/mol. The van der Waals surface area contributed by atoms with Gasteiger partial charge in [0.25, 0.3) is 5.91 Å². The quantitative estimate of drug-likeness (QED) is 0.591. The maximum atomic E-state index is 12.9. The predicted molar refractivity (Wildman–Crippen MR) is 103 cm³/mol. The minimum absolute atomic E-state index is 0.103. The average molecular weight is 421 g/mol. The smallest absolute Gasteiger partial charge is 0.319 e. The largest absolute Gasteiger partial charge is 0.325 e. The van der Waals surface area contributed by atoms with E-state index in [9.17, 15) is 22.8 Å². The molecule has 1 aliphatic rings. The Balaban J connectivity index is 1.84. The first kappa shape index (κ1) is 20.0. The highest BCUT2D eigenvalue weighted by Gasteiger charge is 2.49. The Labute approximate surface area is 167 Å². The number of Topliss-reactive ketones (excluding diaryl/α,β-unsaturated/α-hetero) is 1. The Morgan fingerprint density at radius 3 is 2.18 bits per heavy atom. The minimum atomic E-state index is -3.38. The van der Waals surface area contributed by atoms with Gasteiger partial charge in [0.1, 0.15) is 5.54 Å². The number of carbonyl (C=O) groups excluding carboxylic acids is 3. The lowest BCUT2D eigenvalue weighted by Gasteiger charge is -2.22. The zero-order chi connectivity index (χ0) is 20.7. The molecule has 7 nitrogen and oxygen atoms in total. The molecule has 1 fully saturated rings. The van der Waals surface area contributed by atoms with E-state index in [1.807, 2.05) is 0 Å². The molecule has 146 valence electrons. The van der Waals surface area contributed by atoms with E-state index < -0.39 is 39.6 Å². The minimum Gasteiger partial charge on any atom is -0.319 e. The first-order valence-corrected chi connectivity index (χ1v) is 10.5. The van der Waals surface area contributed by atoms with Crippen LogP contribution in [0, 0.1) is 0 Å². The van der Waals surface area contributed by atoms with E-state index in [0.29, 0.717) is 16.1 Å². The summed E-state index contributed by atoms with van der Waals surface area (Å²) in [4.78, 5) is 38.6. The predicted octanol–water partition coefficient (Wildman–Crippen LogP) is 2.39. The van der Waals surface area contributed by atoms with Crippen molar-refractivity contribution < 1.29 is 22.8 Å². The van der Waals surface area contributed by atoms with Gasteiger partial charge in [-0.2, -0.15) is 0 Å². The molecule has 0 aliphatic carbocycles. The van der Waals surface area contributed by atoms with Crippen molar-refractivity contribution in [1.82, 2.24) is 10.2 Å². The molecule has 0 aromatic heterocycles. The first-order valence-electron chi connectivity index (χ1n) is 8.26. The third-order valence-corrected chi connectivity index (χ3v) is 5.98. The molecule has 1 heterocycles. The van der Waals surface area contributed by atoms with Crippen molar-refractivity contribution in [3.8, 4) is 0 Å². The fourth-order valence-electron chi connectivity index (χ4n) is 2.94. The van der Waals surface area contributed by atoms with E-state index in [2.05, 4.69) is 5.32 Å². The normalized spacial score (nSPS) is 19.6. The zero-order valence-electron chi connectivity index (χ0n) is 15.1. The number of urea groups is 1. The molecular formula is C19H17ClN2O5S. The number of nitrogens with one attached hydrogen (secondary N) is 1. The summed E-state index contributed by atoms with van der Waals surface area (Å²) in [6, 6.07) is 11.1. The Morgan fingerprint density at radius 2 is 1.64 bits per heavy atom. The van der Waals surface area contributed by atoms with Crippen LogP contribution in [0.2, 0.25) is 5.02 Å². The number of ketones is 1. The number of rotatable bonds is 5. The SMILES string of the molecule is CC1(c2ccc(S(C)(=O)=O)cc2)NC(=O)N(CC(=O)c2ccc(Cl)cc2)C1=O. The lowest BCUT2D eigenvalue weighted by molar-refractivity contribution is -0.130. The van der Waals surface area contributed by atoms with Crippen molar-refractivity contribution in [3.05, 3.63) is 64.7 Å². The van der Waals surface area contributed by atoms with Gasteiger partial charge < -0.3 is 5.32 Å². The molecule has 2 aromatic carbocycles. The van der Waals surface area contributed by atoms with Crippen LogP contribution in [-0.2, 0) is 20.2 Å². The van der Waals surface area contributed by atoms with E-state index >= 15 is 0 Å². The number of carbonyl (C=O) groups is 3. The summed E-state index contributed by atoms with van der Waals surface area (Å²) in [6.45, 7) is 1.10. The summed E-state index contributed by atoms with van der Waals surface area (Å²) >= 11 is 5.80. The first-order chi connectivity index (χ1) is 13.0. The van der Waals surface area contributed by atoms with E-state index in [1.54, 1.807) is 12.1 Å². The van der Waals surface area contributed by atoms with Gasteiger partial charge >= 0.3 is 6.03 Å². The van der Waals surface area contributed by atoms with Crippen molar-refractivity contribution in [2.75, 3.05) is 12.8 Å². The topological polar surface area (TPSA) is 101 Å². The summed E-state index contributed by atoms with van der Waals surface area (Å²) in [7, 11) is -3.38. The number of benzene rings is 2. The number of amides is 3. The van der Waals surface area contributed by atoms with Crippen molar-refractivity contribution >= 4 is 39.2 Å². The number of halogens is 1. The highest BCUT2D eigenvalue weighted by molar-refractivity contribution is 7.90. The summed E-state index contributed by atoms with van der Waals surface area (Å²) < 4.78 is 23.2. The summed E-state index contributed by atoms with van der Waals surface area (Å²) in [6.07, 6.45) is 1.08. The molecule has 0 radical (unpaired) electrons. The van der Waals surface area contributed by atoms with Crippen LogP contribution < -0.4 is 5.32 Å². The molecule has 3 amide bonds. The second-order valence-electron chi connectivity index (χ2n) is 6.67. The Morgan fingerprint density at radius 1 is 1.07 bits per heavy atom. The molecule has 28 heavy (non-hydrogen) atoms. The molecular weight excluding hydrogens is 404 g/mol. The third-order valence-electron chi connectivity index (χ3n) is 4.60. The van der Waals surface area contributed by atoms with Crippen molar-refractivity contribution in [2.45, 2.75) is 17.4 Å². The van der Waals surface area contributed by atoms with Crippen LogP contribution in [0.4, 0.5) is 4.79 Å². The van der Waals surface area contributed by atoms with Gasteiger partial charge in [-0.25, -0.2) is 13.2 Å². The Hall–Kier alpha value is -2.71. The Bertz CT molecular complexity index is 1060. The average Bonchev–Trinajstić information content (AvgIpc) is 2.86. The summed E-state index contributed by atoms with van der Waals surface area (Å²) in [5.74, 6) is -0.997. The van der Waals surface area contributed by atoms with Gasteiger partial charge in [-0.05, 0) is 48.9 Å². The second kappa shape index (κ2) is 7.03. The lowest BCUT2D eigenvalue weighted by Crippen LogP contribution is -2.41. The van der Waals surface area contributed by atoms with Crippen LogP contribution in [0.5, 0.6) is 0 Å². The van der Waals surface area contributed by atoms with Crippen LogP contribution in [0.15, 0.2) is 53.4 Å². The zero-order valence-corrected chi connectivity index (χ0v) is 16.7. The molecule has 0 saturated carbocycles. The van der Waals surface area contributed by atoms with Gasteiger partial charge in [0.05, 0.1) is 11.4 Å². The number of hydrogen-bond donors (Lipinski definition) is 1. The fourth-order valence-corrected chi connectivity index (χ4v) is 3.70. The molecule has 0 spiro atoms. The van der Waals surface area contributed by atoms with Crippen molar-refractivity contribution in [3.63, 3.8) is 0 Å². The van der Waals surface area contributed by atoms with Gasteiger partial charge in [0.2, 0.25) is 0 Å². The van der Waals surface area contributed by atoms with Crippen molar-refractivity contribution in [1.29, 1.82) is 0 Å². The maximum Gasteiger partial charge on any atom is 0.325 e. The van der Waals surface area contributed by atoms with Crippen LogP contribution in [-0.4, -0.2) is 43.8 Å². The van der Waals surface area contributed by atoms with Crippen LogP contribution in [0.1, 0.15) is 22.8 Å². The molecule has 1 N–H and O–H groups in total. The number of nitrogens with zero attached hydrogens (tertiary/aromatic N) is 1. The van der Waals surface area contributed by atoms with Gasteiger partial charge in [-0.15, -0.1) is 0 Å². The van der Waals surface area contributed by atoms with E-state index in [-0.39, 0.29) is 4.90 Å². The molecule has 2 aromatic rings. The summed E-state index contributed by atoms with van der Waals surface area (Å²) in [5.41, 5.74) is -0.649. The lowest BCUT2D eigenvalue weighted by atomic mass is 9.92. The van der Waals surface area contributed by atoms with Crippen LogP contribution in [0.25, 0.3) is 0 Å². The fraction of sp³-hybridized carbons (Fsp3) is 0.211. The molecule has 0 bridgehead atoms. The Kier molecular flexibility index (Phi) is 5.03. The number of sulfone groups is 1. The number of imide groups is 1.